The fraction of sp³-hybridized carbons (Fsp3) is 0.500. The minimum absolute atomic E-state index is 0.0946. The normalized spacial score (nSPS) is 19.6. The van der Waals surface area contributed by atoms with Gasteiger partial charge in [-0.15, -0.1) is 0 Å². The highest BCUT2D eigenvalue weighted by atomic mass is 19.4. The molecule has 9 heteroatoms. The largest absolute Gasteiger partial charge is 0.418 e. The predicted molar refractivity (Wildman–Crippen MR) is 67.1 cm³/mol. The third-order valence-corrected chi connectivity index (χ3v) is 3.18. The van der Waals surface area contributed by atoms with Gasteiger partial charge in [-0.05, 0) is 6.07 Å². The van der Waals surface area contributed by atoms with Crippen LogP contribution in [0.25, 0.3) is 0 Å². The summed E-state index contributed by atoms with van der Waals surface area (Å²) in [7, 11) is 0. The van der Waals surface area contributed by atoms with Crippen molar-refractivity contribution in [1.82, 2.24) is 0 Å². The molecule has 1 fully saturated rings. The fourth-order valence-electron chi connectivity index (χ4n) is 2.19. The lowest BCUT2D eigenvalue weighted by Crippen LogP contribution is -2.44. The molecule has 1 heterocycles. The number of nitro benzene ring substituents is 1. The molecule has 1 aromatic rings. The zero-order chi connectivity index (χ0) is 15.6. The molecule has 1 aromatic carbocycles. The molecule has 1 atom stereocenters. The van der Waals surface area contributed by atoms with E-state index in [4.69, 9.17) is 9.84 Å². The van der Waals surface area contributed by atoms with Crippen LogP contribution in [0.15, 0.2) is 18.2 Å². The second-order valence-electron chi connectivity index (χ2n) is 4.58. The average molecular weight is 306 g/mol. The molecule has 2 rings (SSSR count). The van der Waals surface area contributed by atoms with Gasteiger partial charge in [-0.1, -0.05) is 0 Å². The van der Waals surface area contributed by atoms with Crippen molar-refractivity contribution in [3.8, 4) is 0 Å². The maximum Gasteiger partial charge on any atom is 0.418 e. The molecule has 0 radical (unpaired) electrons. The Balaban J connectivity index is 2.40. The van der Waals surface area contributed by atoms with E-state index < -0.39 is 28.5 Å². The smallest absolute Gasteiger partial charge is 0.394 e. The van der Waals surface area contributed by atoms with E-state index in [1.165, 1.54) is 4.90 Å². The number of anilines is 1. The highest BCUT2D eigenvalue weighted by Crippen LogP contribution is 2.39. The van der Waals surface area contributed by atoms with E-state index in [1.807, 2.05) is 0 Å². The van der Waals surface area contributed by atoms with Gasteiger partial charge in [0.2, 0.25) is 0 Å². The molecule has 0 amide bonds. The Bertz CT molecular complexity index is 536. The molecule has 1 aliphatic rings. The lowest BCUT2D eigenvalue weighted by atomic mass is 10.1. The van der Waals surface area contributed by atoms with Crippen molar-refractivity contribution in [3.63, 3.8) is 0 Å². The first kappa shape index (κ1) is 15.5. The summed E-state index contributed by atoms with van der Waals surface area (Å²) in [6.45, 7) is 0.194. The van der Waals surface area contributed by atoms with E-state index >= 15 is 0 Å². The van der Waals surface area contributed by atoms with Gasteiger partial charge in [-0.2, -0.15) is 13.2 Å². The van der Waals surface area contributed by atoms with E-state index in [0.29, 0.717) is 6.07 Å². The molecule has 0 aromatic heterocycles. The van der Waals surface area contributed by atoms with Crippen molar-refractivity contribution >= 4 is 11.4 Å². The van der Waals surface area contributed by atoms with Crippen LogP contribution >= 0.6 is 0 Å². The van der Waals surface area contributed by atoms with E-state index in [9.17, 15) is 23.3 Å². The summed E-state index contributed by atoms with van der Waals surface area (Å²) in [6.07, 6.45) is -5.27. The van der Waals surface area contributed by atoms with E-state index in [1.54, 1.807) is 0 Å². The summed E-state index contributed by atoms with van der Waals surface area (Å²) in [4.78, 5) is 11.2. The Morgan fingerprint density at radius 1 is 1.48 bits per heavy atom. The molecule has 0 spiro atoms. The van der Waals surface area contributed by atoms with Crippen LogP contribution in [-0.2, 0) is 10.9 Å². The maximum atomic E-state index is 13.1. The van der Waals surface area contributed by atoms with Gasteiger partial charge in [0.15, 0.2) is 0 Å². The molecule has 0 bridgehead atoms. The zero-order valence-electron chi connectivity index (χ0n) is 10.8. The minimum Gasteiger partial charge on any atom is -0.394 e. The van der Waals surface area contributed by atoms with Crippen LogP contribution < -0.4 is 4.90 Å². The van der Waals surface area contributed by atoms with Crippen LogP contribution in [0.2, 0.25) is 0 Å². The van der Waals surface area contributed by atoms with Crippen molar-refractivity contribution in [2.24, 2.45) is 0 Å². The second kappa shape index (κ2) is 5.86. The monoisotopic (exact) mass is 306 g/mol. The second-order valence-corrected chi connectivity index (χ2v) is 4.58. The summed E-state index contributed by atoms with van der Waals surface area (Å²) in [5.74, 6) is 0. The van der Waals surface area contributed by atoms with E-state index in [2.05, 4.69) is 0 Å². The number of non-ortho nitro benzene ring substituents is 1. The zero-order valence-corrected chi connectivity index (χ0v) is 10.8. The number of ether oxygens (including phenoxy) is 1. The van der Waals surface area contributed by atoms with Crippen LogP contribution in [0.3, 0.4) is 0 Å². The number of nitrogens with zero attached hydrogens (tertiary/aromatic N) is 2. The number of aliphatic hydroxyl groups excluding tert-OH is 1. The molecule has 0 aliphatic carbocycles. The maximum absolute atomic E-state index is 13.1. The molecular weight excluding hydrogens is 293 g/mol. The number of benzene rings is 1. The molecule has 1 saturated heterocycles. The third-order valence-electron chi connectivity index (χ3n) is 3.18. The van der Waals surface area contributed by atoms with E-state index in [-0.39, 0.29) is 32.0 Å². The molecule has 116 valence electrons. The number of rotatable bonds is 3. The summed E-state index contributed by atoms with van der Waals surface area (Å²) in [6, 6.07) is 2.65. The quantitative estimate of drug-likeness (QED) is 0.681. The number of aliphatic hydroxyl groups is 1. The Morgan fingerprint density at radius 3 is 2.76 bits per heavy atom. The Hall–Kier alpha value is -1.87. The topological polar surface area (TPSA) is 75.8 Å². The molecule has 1 unspecified atom stereocenters. The van der Waals surface area contributed by atoms with Gasteiger partial charge < -0.3 is 14.7 Å². The molecule has 1 N–H and O–H groups in total. The third kappa shape index (κ3) is 3.42. The Morgan fingerprint density at radius 2 is 2.19 bits per heavy atom. The van der Waals surface area contributed by atoms with E-state index in [0.717, 1.165) is 12.1 Å². The number of nitro groups is 1. The molecular formula is C12H13F3N2O4. The number of hydrogen-bond acceptors (Lipinski definition) is 5. The standard InChI is InChI=1S/C12H13F3N2O4/c13-12(14,15)10-5-8(17(19)20)1-2-11(10)16-3-4-21-9(6-16)7-18/h1-2,5,9,18H,3-4,6-7H2. The highest BCUT2D eigenvalue weighted by Gasteiger charge is 2.37. The Labute approximate surface area is 117 Å². The fourth-order valence-corrected chi connectivity index (χ4v) is 2.19. The van der Waals surface area contributed by atoms with Crippen molar-refractivity contribution in [2.75, 3.05) is 31.2 Å². The van der Waals surface area contributed by atoms with Gasteiger partial charge >= 0.3 is 6.18 Å². The lowest BCUT2D eigenvalue weighted by Gasteiger charge is -2.35. The van der Waals surface area contributed by atoms with Crippen molar-refractivity contribution in [3.05, 3.63) is 33.9 Å². The van der Waals surface area contributed by atoms with Crippen molar-refractivity contribution < 1.29 is 27.9 Å². The van der Waals surface area contributed by atoms with Crippen molar-refractivity contribution in [2.45, 2.75) is 12.3 Å². The van der Waals surface area contributed by atoms with Crippen LogP contribution in [0.1, 0.15) is 5.56 Å². The molecule has 1 aliphatic heterocycles. The first-order valence-electron chi connectivity index (χ1n) is 6.16. The van der Waals surface area contributed by atoms with Gasteiger partial charge in [-0.3, -0.25) is 10.1 Å². The number of halogens is 3. The summed E-state index contributed by atoms with van der Waals surface area (Å²) >= 11 is 0. The van der Waals surface area contributed by atoms with Crippen LogP contribution in [0.5, 0.6) is 0 Å². The SMILES string of the molecule is O=[N+]([O-])c1ccc(N2CCOC(CO)C2)c(C(F)(F)F)c1. The molecule has 21 heavy (non-hydrogen) atoms. The average Bonchev–Trinajstić information content (AvgIpc) is 2.45. The number of morpholine rings is 1. The Kier molecular flexibility index (Phi) is 4.33. The van der Waals surface area contributed by atoms with Gasteiger partial charge in [0.25, 0.3) is 5.69 Å². The van der Waals surface area contributed by atoms with Crippen molar-refractivity contribution in [1.29, 1.82) is 0 Å². The van der Waals surface area contributed by atoms with Crippen LogP contribution in [0, 0.1) is 10.1 Å². The molecule has 6 nitrogen and oxygen atoms in total. The highest BCUT2D eigenvalue weighted by molar-refractivity contribution is 5.59. The van der Waals surface area contributed by atoms with Crippen LogP contribution in [-0.4, -0.2) is 42.4 Å². The number of hydrogen-bond donors (Lipinski definition) is 1. The lowest BCUT2D eigenvalue weighted by molar-refractivity contribution is -0.385. The minimum atomic E-state index is -4.70. The van der Waals surface area contributed by atoms with Gasteiger partial charge in [0.05, 0.1) is 29.8 Å². The van der Waals surface area contributed by atoms with Crippen LogP contribution in [0.4, 0.5) is 24.5 Å². The summed E-state index contributed by atoms with van der Waals surface area (Å²) in [5.41, 5.74) is -1.82. The first-order valence-corrected chi connectivity index (χ1v) is 6.16. The number of alkyl halides is 3. The van der Waals surface area contributed by atoms with Gasteiger partial charge in [0, 0.05) is 30.9 Å². The molecule has 0 saturated carbocycles. The predicted octanol–water partition coefficient (Wildman–Crippen LogP) is 1.81. The summed E-state index contributed by atoms with van der Waals surface area (Å²) < 4.78 is 44.5. The first-order chi connectivity index (χ1) is 9.82. The van der Waals surface area contributed by atoms with Gasteiger partial charge in [-0.25, -0.2) is 0 Å². The summed E-state index contributed by atoms with van der Waals surface area (Å²) in [5, 5.41) is 19.7. The van der Waals surface area contributed by atoms with Gasteiger partial charge in [0.1, 0.15) is 0 Å².